The molecule has 0 atom stereocenters. The lowest BCUT2D eigenvalue weighted by atomic mass is 10.3. The van der Waals surface area contributed by atoms with Crippen LogP contribution >= 0.6 is 11.3 Å². The van der Waals surface area contributed by atoms with Crippen LogP contribution < -0.4 is 5.56 Å². The first-order chi connectivity index (χ1) is 11.5. The second-order valence-electron chi connectivity index (χ2n) is 5.94. The molecule has 0 bridgehead atoms. The second-order valence-corrected chi connectivity index (χ2v) is 7.17. The molecule has 0 fully saturated rings. The van der Waals surface area contributed by atoms with Crippen molar-refractivity contribution < 1.29 is 9.32 Å². The van der Waals surface area contributed by atoms with Gasteiger partial charge in [-0.3, -0.25) is 14.2 Å². The summed E-state index contributed by atoms with van der Waals surface area (Å²) in [5.74, 6) is 0.767. The van der Waals surface area contributed by atoms with Crippen molar-refractivity contribution in [2.45, 2.75) is 26.8 Å². The number of aryl methyl sites for hydroxylation is 2. The molecule has 3 aromatic heterocycles. The first kappa shape index (κ1) is 15.1. The molecular formula is C16H16N4O3S. The van der Waals surface area contributed by atoms with Crippen LogP contribution in [0, 0.1) is 13.8 Å². The third kappa shape index (κ3) is 2.43. The fourth-order valence-electron chi connectivity index (χ4n) is 2.99. The first-order valence-corrected chi connectivity index (χ1v) is 8.57. The van der Waals surface area contributed by atoms with Gasteiger partial charge in [0.15, 0.2) is 0 Å². The summed E-state index contributed by atoms with van der Waals surface area (Å²) >= 11 is 1.52. The number of hydrogen-bond donors (Lipinski definition) is 0. The maximum Gasteiger partial charge on any atom is 0.292 e. The van der Waals surface area contributed by atoms with Crippen LogP contribution in [-0.4, -0.2) is 38.6 Å². The van der Waals surface area contributed by atoms with Gasteiger partial charge in [-0.2, -0.15) is 0 Å². The number of nitrogens with zero attached hydrogens (tertiary/aromatic N) is 4. The highest BCUT2D eigenvalue weighted by molar-refractivity contribution is 7.18. The number of rotatable bonds is 1. The Morgan fingerprint density at radius 1 is 1.25 bits per heavy atom. The maximum atomic E-state index is 12.7. The minimum Gasteiger partial charge on any atom is -0.351 e. The van der Waals surface area contributed by atoms with Crippen LogP contribution in [0.5, 0.6) is 0 Å². The number of aromatic nitrogens is 3. The summed E-state index contributed by atoms with van der Waals surface area (Å²) in [5.41, 5.74) is 0.647. The van der Waals surface area contributed by atoms with E-state index in [2.05, 4.69) is 10.1 Å². The Bertz CT molecular complexity index is 1000. The average Bonchev–Trinajstić information content (AvgIpc) is 3.07. The van der Waals surface area contributed by atoms with Gasteiger partial charge in [0.1, 0.15) is 10.7 Å². The normalized spacial score (nSPS) is 14.7. The van der Waals surface area contributed by atoms with Crippen LogP contribution in [0.2, 0.25) is 0 Å². The van der Waals surface area contributed by atoms with Gasteiger partial charge >= 0.3 is 0 Å². The number of carbonyl (C=O) groups excluding carboxylic acids is 1. The molecule has 124 valence electrons. The summed E-state index contributed by atoms with van der Waals surface area (Å²) in [6, 6.07) is 3.51. The van der Waals surface area contributed by atoms with Gasteiger partial charge in [0.05, 0.1) is 11.1 Å². The molecule has 0 aromatic carbocycles. The molecule has 7 nitrogen and oxygen atoms in total. The second kappa shape index (κ2) is 5.55. The molecule has 0 saturated heterocycles. The van der Waals surface area contributed by atoms with Gasteiger partial charge < -0.3 is 9.42 Å². The zero-order valence-electron chi connectivity index (χ0n) is 13.4. The zero-order chi connectivity index (χ0) is 16.8. The zero-order valence-corrected chi connectivity index (χ0v) is 14.2. The fourth-order valence-corrected chi connectivity index (χ4v) is 3.88. The molecule has 0 N–H and O–H groups in total. The molecule has 1 amide bonds. The van der Waals surface area contributed by atoms with E-state index in [1.54, 1.807) is 22.5 Å². The largest absolute Gasteiger partial charge is 0.351 e. The molecule has 0 spiro atoms. The van der Waals surface area contributed by atoms with Crippen molar-refractivity contribution in [3.8, 4) is 0 Å². The van der Waals surface area contributed by atoms with Crippen molar-refractivity contribution in [1.29, 1.82) is 0 Å². The maximum absolute atomic E-state index is 12.7. The van der Waals surface area contributed by atoms with Gasteiger partial charge in [0.25, 0.3) is 11.5 Å². The predicted octanol–water partition coefficient (Wildman–Crippen LogP) is 1.76. The molecular weight excluding hydrogens is 328 g/mol. The highest BCUT2D eigenvalue weighted by Gasteiger charge is 2.24. The molecule has 4 rings (SSSR count). The van der Waals surface area contributed by atoms with Crippen LogP contribution in [0.3, 0.4) is 0 Å². The summed E-state index contributed by atoms with van der Waals surface area (Å²) in [4.78, 5) is 33.4. The summed E-state index contributed by atoms with van der Waals surface area (Å²) in [5, 5.41) is 4.42. The van der Waals surface area contributed by atoms with E-state index in [1.807, 2.05) is 13.0 Å². The Morgan fingerprint density at radius 2 is 2.08 bits per heavy atom. The number of fused-ring (bicyclic) bond motifs is 2. The Balaban J connectivity index is 1.65. The minimum atomic E-state index is -0.200. The van der Waals surface area contributed by atoms with Crippen LogP contribution in [0.4, 0.5) is 0 Å². The lowest BCUT2D eigenvalue weighted by Crippen LogP contribution is -2.34. The highest BCUT2D eigenvalue weighted by atomic mass is 32.1. The van der Waals surface area contributed by atoms with Crippen molar-refractivity contribution in [1.82, 2.24) is 19.6 Å². The molecule has 0 unspecified atom stereocenters. The number of hydrogen-bond acceptors (Lipinski definition) is 6. The highest BCUT2D eigenvalue weighted by Crippen LogP contribution is 2.21. The molecule has 1 aliphatic heterocycles. The standard InChI is InChI=1S/C16H16N4O3S/c1-9-7-12(23-18-9)16(22)19-4-3-13-17-14-11(8-10(2)24-14)15(21)20(13)6-5-19/h7-8H,3-6H2,1-2H3. The lowest BCUT2D eigenvalue weighted by Gasteiger charge is -2.17. The third-order valence-corrected chi connectivity index (χ3v) is 5.12. The Hall–Kier alpha value is -2.48. The van der Waals surface area contributed by atoms with E-state index < -0.39 is 0 Å². The summed E-state index contributed by atoms with van der Waals surface area (Å²) in [6.45, 7) is 5.13. The number of carbonyl (C=O) groups is 1. The van der Waals surface area contributed by atoms with Crippen molar-refractivity contribution >= 4 is 27.5 Å². The van der Waals surface area contributed by atoms with Crippen molar-refractivity contribution in [2.75, 3.05) is 13.1 Å². The lowest BCUT2D eigenvalue weighted by molar-refractivity contribution is 0.0717. The number of amides is 1. The average molecular weight is 344 g/mol. The number of thiophene rings is 1. The quantitative estimate of drug-likeness (QED) is 0.672. The van der Waals surface area contributed by atoms with E-state index in [-0.39, 0.29) is 17.2 Å². The van der Waals surface area contributed by atoms with E-state index in [0.717, 1.165) is 15.5 Å². The van der Waals surface area contributed by atoms with Crippen LogP contribution in [0.25, 0.3) is 10.2 Å². The Morgan fingerprint density at radius 3 is 2.83 bits per heavy atom. The summed E-state index contributed by atoms with van der Waals surface area (Å²) < 4.78 is 6.75. The van der Waals surface area contributed by atoms with Crippen LogP contribution in [0.1, 0.15) is 27.0 Å². The molecule has 4 heterocycles. The fraction of sp³-hybridized carbons (Fsp3) is 0.375. The smallest absolute Gasteiger partial charge is 0.292 e. The molecule has 3 aromatic rings. The monoisotopic (exact) mass is 344 g/mol. The van der Waals surface area contributed by atoms with E-state index in [4.69, 9.17) is 4.52 Å². The SMILES string of the molecule is Cc1cc(C(=O)N2CCc3nc4sc(C)cc4c(=O)n3CC2)on1. The summed E-state index contributed by atoms with van der Waals surface area (Å²) in [7, 11) is 0. The minimum absolute atomic E-state index is 0.0239. The summed E-state index contributed by atoms with van der Waals surface area (Å²) in [6.07, 6.45) is 0.543. The first-order valence-electron chi connectivity index (χ1n) is 7.75. The molecule has 8 heteroatoms. The van der Waals surface area contributed by atoms with Gasteiger partial charge in [-0.1, -0.05) is 5.16 Å². The van der Waals surface area contributed by atoms with Gasteiger partial charge in [-0.15, -0.1) is 11.3 Å². The topological polar surface area (TPSA) is 81.2 Å². The van der Waals surface area contributed by atoms with Gasteiger partial charge in [-0.05, 0) is 19.9 Å². The van der Waals surface area contributed by atoms with Crippen molar-refractivity contribution in [3.05, 3.63) is 44.6 Å². The molecule has 0 saturated carbocycles. The van der Waals surface area contributed by atoms with E-state index in [9.17, 15) is 9.59 Å². The van der Waals surface area contributed by atoms with E-state index in [1.165, 1.54) is 11.3 Å². The van der Waals surface area contributed by atoms with Crippen molar-refractivity contribution in [2.24, 2.45) is 0 Å². The van der Waals surface area contributed by atoms with Gasteiger partial charge in [0, 0.05) is 37.0 Å². The van der Waals surface area contributed by atoms with Crippen LogP contribution in [0.15, 0.2) is 21.5 Å². The van der Waals surface area contributed by atoms with Crippen molar-refractivity contribution in [3.63, 3.8) is 0 Å². The third-order valence-electron chi connectivity index (χ3n) is 4.18. The van der Waals surface area contributed by atoms with E-state index in [0.29, 0.717) is 37.1 Å². The Kier molecular flexibility index (Phi) is 3.49. The van der Waals surface area contributed by atoms with Gasteiger partial charge in [-0.25, -0.2) is 4.98 Å². The molecule has 24 heavy (non-hydrogen) atoms. The van der Waals surface area contributed by atoms with Crippen LogP contribution in [-0.2, 0) is 13.0 Å². The Labute approximate surface area is 141 Å². The predicted molar refractivity (Wildman–Crippen MR) is 89.5 cm³/mol. The molecule has 1 aliphatic rings. The van der Waals surface area contributed by atoms with E-state index >= 15 is 0 Å². The van der Waals surface area contributed by atoms with Gasteiger partial charge in [0.2, 0.25) is 5.76 Å². The molecule has 0 radical (unpaired) electrons. The molecule has 0 aliphatic carbocycles.